The Kier molecular flexibility index (Phi) is 3.16. The lowest BCUT2D eigenvalue weighted by molar-refractivity contribution is 0.525. The van der Waals surface area contributed by atoms with E-state index in [9.17, 15) is 0 Å². The van der Waals surface area contributed by atoms with Gasteiger partial charge in [0.1, 0.15) is 0 Å². The van der Waals surface area contributed by atoms with Gasteiger partial charge in [0.15, 0.2) is 0 Å². The molecule has 0 radical (unpaired) electrons. The molecule has 0 unspecified atom stereocenters. The third kappa shape index (κ3) is 1.66. The molecule has 0 saturated heterocycles. The van der Waals surface area contributed by atoms with Gasteiger partial charge in [0, 0.05) is 11.8 Å². The van der Waals surface area contributed by atoms with Crippen molar-refractivity contribution < 1.29 is 0 Å². The van der Waals surface area contributed by atoms with Gasteiger partial charge in [-0.1, -0.05) is 24.3 Å². The number of hydrogen-bond acceptors (Lipinski definition) is 0. The minimum Gasteiger partial charge on any atom is -0.120 e. The van der Waals surface area contributed by atoms with E-state index in [-0.39, 0.29) is 22.6 Å². The van der Waals surface area contributed by atoms with Crippen LogP contribution < -0.4 is 0 Å². The Morgan fingerprint density at radius 2 is 0.773 bits per heavy atom. The van der Waals surface area contributed by atoms with E-state index < -0.39 is 0 Å². The first-order valence-corrected chi connectivity index (χ1v) is 8.79. The highest BCUT2D eigenvalue weighted by molar-refractivity contribution is 6.31. The van der Waals surface area contributed by atoms with E-state index in [1.54, 1.807) is 0 Å². The highest BCUT2D eigenvalue weighted by atomic mass is 35.5. The second-order valence-electron chi connectivity index (χ2n) is 6.90. The van der Waals surface area contributed by atoms with Gasteiger partial charge in [0.25, 0.3) is 0 Å². The van der Waals surface area contributed by atoms with Crippen molar-refractivity contribution in [1.29, 1.82) is 0 Å². The molecule has 0 aliphatic heterocycles. The van der Waals surface area contributed by atoms with E-state index in [4.69, 9.17) is 23.2 Å². The van der Waals surface area contributed by atoms with E-state index in [1.165, 1.54) is 44.5 Å². The Bertz CT molecular complexity index is 665. The van der Waals surface area contributed by atoms with Gasteiger partial charge in [-0.05, 0) is 72.2 Å². The topological polar surface area (TPSA) is 0 Å². The van der Waals surface area contributed by atoms with Crippen LogP contribution in [0.4, 0.5) is 0 Å². The second-order valence-corrected chi connectivity index (χ2v) is 7.91. The molecule has 0 nitrogen and oxygen atoms in total. The maximum atomic E-state index is 6.84. The van der Waals surface area contributed by atoms with Crippen LogP contribution in [-0.2, 0) is 0 Å². The van der Waals surface area contributed by atoms with Crippen molar-refractivity contribution in [1.82, 2.24) is 0 Å². The molecule has 2 heteroatoms. The van der Waals surface area contributed by atoms with E-state index in [0.29, 0.717) is 0 Å². The molecule has 3 aliphatic carbocycles. The van der Waals surface area contributed by atoms with Crippen molar-refractivity contribution in [2.75, 3.05) is 0 Å². The summed E-state index contributed by atoms with van der Waals surface area (Å²) in [5.41, 5.74) is 11.1. The molecule has 22 heavy (non-hydrogen) atoms. The maximum Gasteiger partial charge on any atom is 0.0618 e. The Morgan fingerprint density at radius 3 is 1.00 bits per heavy atom. The van der Waals surface area contributed by atoms with Gasteiger partial charge in [-0.25, -0.2) is 0 Å². The standard InChI is InChI=1S/C20H20Cl2/c1-9-5-6-10(2)14-13(9)17-15-11(3)7-8-12(4)16(15)18(14)20(22)19(17)21/h5-8,17-20H,1-4H3/t17?,18?,19-,20+. The molecule has 0 fully saturated rings. The smallest absolute Gasteiger partial charge is 0.0618 e. The quantitative estimate of drug-likeness (QED) is 0.541. The third-order valence-corrected chi connectivity index (χ3v) is 6.81. The van der Waals surface area contributed by atoms with Crippen molar-refractivity contribution in [2.24, 2.45) is 0 Å². The van der Waals surface area contributed by atoms with Gasteiger partial charge >= 0.3 is 0 Å². The van der Waals surface area contributed by atoms with Crippen molar-refractivity contribution in [3.8, 4) is 0 Å². The van der Waals surface area contributed by atoms with Crippen LogP contribution in [0.5, 0.6) is 0 Å². The minimum absolute atomic E-state index is 0.0346. The number of hydrogen-bond donors (Lipinski definition) is 0. The van der Waals surface area contributed by atoms with Gasteiger partial charge in [0.2, 0.25) is 0 Å². The van der Waals surface area contributed by atoms with Crippen molar-refractivity contribution in [2.45, 2.75) is 50.3 Å². The summed E-state index contributed by atoms with van der Waals surface area (Å²) in [6, 6.07) is 8.91. The number of benzene rings is 2. The summed E-state index contributed by atoms with van der Waals surface area (Å²) >= 11 is 13.7. The van der Waals surface area contributed by atoms with E-state index in [2.05, 4.69) is 52.0 Å². The van der Waals surface area contributed by atoms with Crippen LogP contribution in [0.25, 0.3) is 0 Å². The van der Waals surface area contributed by atoms with Crippen molar-refractivity contribution in [3.05, 3.63) is 68.8 Å². The second kappa shape index (κ2) is 4.76. The summed E-state index contributed by atoms with van der Waals surface area (Å²) in [6.07, 6.45) is 0. The molecule has 114 valence electrons. The molecular weight excluding hydrogens is 311 g/mol. The highest BCUT2D eigenvalue weighted by Gasteiger charge is 2.50. The Balaban J connectivity index is 2.15. The minimum atomic E-state index is -0.0346. The highest BCUT2D eigenvalue weighted by Crippen LogP contribution is 2.59. The lowest BCUT2D eigenvalue weighted by atomic mass is 9.59. The molecule has 0 amide bonds. The molecule has 2 aromatic rings. The summed E-state index contributed by atoms with van der Waals surface area (Å²) in [4.78, 5) is 0. The molecule has 3 aliphatic rings. The average Bonchev–Trinajstić information content (AvgIpc) is 2.50. The van der Waals surface area contributed by atoms with Crippen LogP contribution in [0, 0.1) is 27.7 Å². The lowest BCUT2D eigenvalue weighted by Gasteiger charge is -2.49. The molecule has 2 bridgehead atoms. The van der Waals surface area contributed by atoms with Crippen LogP contribution in [0.15, 0.2) is 24.3 Å². The number of fused-ring (bicyclic) bond motifs is 1. The average molecular weight is 331 g/mol. The number of halogens is 2. The zero-order valence-corrected chi connectivity index (χ0v) is 14.9. The molecule has 2 aromatic carbocycles. The van der Waals surface area contributed by atoms with Gasteiger partial charge < -0.3 is 0 Å². The van der Waals surface area contributed by atoms with Gasteiger partial charge in [-0.15, -0.1) is 23.2 Å². The summed E-state index contributed by atoms with van der Waals surface area (Å²) in [5.74, 6) is 0.443. The van der Waals surface area contributed by atoms with Crippen LogP contribution in [0.3, 0.4) is 0 Å². The molecule has 5 rings (SSSR count). The SMILES string of the molecule is Cc1ccc(C)c2c1C1c3c(C)ccc(C)c3C2[C@H](Cl)[C@@H]1Cl. The summed E-state index contributed by atoms with van der Waals surface area (Å²) in [6.45, 7) is 8.82. The molecule has 2 atom stereocenters. The fourth-order valence-corrected chi connectivity index (χ4v) is 5.45. The predicted octanol–water partition coefficient (Wildman–Crippen LogP) is 5.73. The number of aryl methyl sites for hydroxylation is 4. The molecule has 0 aromatic heterocycles. The molecule has 0 N–H and O–H groups in total. The van der Waals surface area contributed by atoms with Crippen LogP contribution in [-0.4, -0.2) is 10.8 Å². The fraction of sp³-hybridized carbons (Fsp3) is 0.400. The Hall–Kier alpha value is -0.980. The van der Waals surface area contributed by atoms with E-state index >= 15 is 0 Å². The Labute approximate surface area is 142 Å². The number of rotatable bonds is 0. The zero-order chi connectivity index (χ0) is 15.8. The molecule has 0 heterocycles. The zero-order valence-electron chi connectivity index (χ0n) is 13.4. The largest absolute Gasteiger partial charge is 0.120 e. The molecular formula is C20H20Cl2. The summed E-state index contributed by atoms with van der Waals surface area (Å²) in [7, 11) is 0. The first kappa shape index (κ1) is 14.6. The van der Waals surface area contributed by atoms with Crippen LogP contribution in [0.1, 0.15) is 56.3 Å². The predicted molar refractivity (Wildman–Crippen MR) is 94.8 cm³/mol. The fourth-order valence-electron chi connectivity index (χ4n) is 4.65. The molecule has 0 spiro atoms. The first-order valence-electron chi connectivity index (χ1n) is 7.91. The van der Waals surface area contributed by atoms with Crippen LogP contribution >= 0.6 is 23.2 Å². The summed E-state index contributed by atoms with van der Waals surface area (Å²) < 4.78 is 0. The monoisotopic (exact) mass is 330 g/mol. The molecule has 0 saturated carbocycles. The van der Waals surface area contributed by atoms with E-state index in [1.807, 2.05) is 0 Å². The lowest BCUT2D eigenvalue weighted by Crippen LogP contribution is -2.43. The first-order chi connectivity index (χ1) is 10.4. The Morgan fingerprint density at radius 1 is 0.545 bits per heavy atom. The van der Waals surface area contributed by atoms with Crippen LogP contribution in [0.2, 0.25) is 0 Å². The number of alkyl halides is 2. The van der Waals surface area contributed by atoms with Gasteiger partial charge in [-0.2, -0.15) is 0 Å². The van der Waals surface area contributed by atoms with Crippen molar-refractivity contribution in [3.63, 3.8) is 0 Å². The van der Waals surface area contributed by atoms with Gasteiger partial charge in [0.05, 0.1) is 10.8 Å². The third-order valence-electron chi connectivity index (χ3n) is 5.63. The van der Waals surface area contributed by atoms with Gasteiger partial charge in [-0.3, -0.25) is 0 Å². The maximum absolute atomic E-state index is 6.84. The summed E-state index contributed by atoms with van der Waals surface area (Å²) in [5, 5.41) is -0.0691. The van der Waals surface area contributed by atoms with Crippen molar-refractivity contribution >= 4 is 23.2 Å². The normalized spacial score (nSPS) is 28.5. The van der Waals surface area contributed by atoms with E-state index in [0.717, 1.165) is 0 Å².